The molecule has 2 N–H and O–H groups in total. The van der Waals surface area contributed by atoms with E-state index < -0.39 is 11.9 Å². The monoisotopic (exact) mass is 343 g/mol. The average Bonchev–Trinajstić information content (AvgIpc) is 3.05. The molecule has 1 aromatic carbocycles. The van der Waals surface area contributed by atoms with Gasteiger partial charge in [-0.2, -0.15) is 5.10 Å². The molecule has 3 rings (SSSR count). The van der Waals surface area contributed by atoms with Crippen LogP contribution < -0.4 is 10.6 Å². The summed E-state index contributed by atoms with van der Waals surface area (Å²) >= 11 is 0. The molecule has 132 valence electrons. The Balaban J connectivity index is 1.75. The van der Waals surface area contributed by atoms with E-state index in [0.717, 1.165) is 25.2 Å². The number of halogens is 1. The minimum Gasteiger partial charge on any atom is -0.368 e. The fraction of sp³-hybridized carbons (Fsp3) is 0.389. The molecule has 7 heteroatoms. The number of hydrogen-bond donors (Lipinski definition) is 1. The minimum atomic E-state index is -0.593. The van der Waals surface area contributed by atoms with Gasteiger partial charge in [0.25, 0.3) is 0 Å². The second-order valence-electron chi connectivity index (χ2n) is 6.37. The zero-order valence-electron chi connectivity index (χ0n) is 14.2. The predicted octanol–water partition coefficient (Wildman–Crippen LogP) is 1.74. The number of anilines is 1. The van der Waals surface area contributed by atoms with Crippen molar-refractivity contribution in [1.29, 1.82) is 0 Å². The number of carbonyl (C=O) groups excluding carboxylic acids is 1. The fourth-order valence-corrected chi connectivity index (χ4v) is 3.49. The van der Waals surface area contributed by atoms with Gasteiger partial charge in [-0.05, 0) is 49.7 Å². The van der Waals surface area contributed by atoms with Crippen LogP contribution in [0.3, 0.4) is 0 Å². The molecule has 0 spiro atoms. The lowest BCUT2D eigenvalue weighted by molar-refractivity contribution is -0.123. The normalized spacial score (nSPS) is 18.5. The maximum Gasteiger partial charge on any atom is 0.239 e. The molecule has 2 heterocycles. The zero-order chi connectivity index (χ0) is 17.8. The van der Waals surface area contributed by atoms with Gasteiger partial charge in [0.2, 0.25) is 5.91 Å². The number of hydrogen-bond acceptors (Lipinski definition) is 5. The van der Waals surface area contributed by atoms with Crippen LogP contribution in [-0.2, 0) is 4.79 Å². The smallest absolute Gasteiger partial charge is 0.239 e. The Hall–Kier alpha value is -2.54. The minimum absolute atomic E-state index is 0.226. The predicted molar refractivity (Wildman–Crippen MR) is 93.4 cm³/mol. The lowest BCUT2D eigenvalue weighted by Gasteiger charge is -2.32. The zero-order valence-corrected chi connectivity index (χ0v) is 14.2. The number of carbonyl (C=O) groups is 1. The van der Waals surface area contributed by atoms with Gasteiger partial charge in [-0.1, -0.05) is 12.1 Å². The quantitative estimate of drug-likeness (QED) is 0.865. The van der Waals surface area contributed by atoms with Crippen LogP contribution in [0.25, 0.3) is 0 Å². The van der Waals surface area contributed by atoms with Crippen molar-refractivity contribution in [3.05, 3.63) is 54.0 Å². The van der Waals surface area contributed by atoms with E-state index in [1.54, 1.807) is 18.3 Å². The third-order valence-electron chi connectivity index (χ3n) is 4.62. The van der Waals surface area contributed by atoms with E-state index in [9.17, 15) is 9.18 Å². The molecular weight excluding hydrogens is 321 g/mol. The second-order valence-corrected chi connectivity index (χ2v) is 6.37. The van der Waals surface area contributed by atoms with Crippen molar-refractivity contribution in [2.24, 2.45) is 5.73 Å². The summed E-state index contributed by atoms with van der Waals surface area (Å²) in [7, 11) is 1.87. The van der Waals surface area contributed by atoms with Crippen molar-refractivity contribution in [1.82, 2.24) is 15.1 Å². The molecule has 2 atom stereocenters. The van der Waals surface area contributed by atoms with E-state index in [-0.39, 0.29) is 11.9 Å². The number of nitrogens with two attached hydrogens (primary N) is 1. The maximum absolute atomic E-state index is 13.2. The summed E-state index contributed by atoms with van der Waals surface area (Å²) in [6, 6.07) is 9.35. The molecular formula is C18H22FN5O. The molecule has 0 unspecified atom stereocenters. The standard InChI is InChI=1S/C18H22FN5O/c1-23(17(18(20)25)13-6-8-14(19)9-7-13)12-15-4-3-11-24(15)16-5-2-10-21-22-16/h2,5-10,15,17H,3-4,11-12H2,1H3,(H2,20,25)/t15-,17+/m0/s1. The van der Waals surface area contributed by atoms with Gasteiger partial charge in [-0.3, -0.25) is 9.69 Å². The van der Waals surface area contributed by atoms with Crippen LogP contribution in [0.4, 0.5) is 10.2 Å². The topological polar surface area (TPSA) is 75.3 Å². The van der Waals surface area contributed by atoms with E-state index in [2.05, 4.69) is 15.1 Å². The summed E-state index contributed by atoms with van der Waals surface area (Å²) < 4.78 is 13.2. The van der Waals surface area contributed by atoms with Crippen molar-refractivity contribution in [3.63, 3.8) is 0 Å². The third-order valence-corrected chi connectivity index (χ3v) is 4.62. The highest BCUT2D eigenvalue weighted by atomic mass is 19.1. The van der Waals surface area contributed by atoms with Crippen LogP contribution in [0.5, 0.6) is 0 Å². The summed E-state index contributed by atoms with van der Waals surface area (Å²) in [6.45, 7) is 1.57. The maximum atomic E-state index is 13.2. The van der Waals surface area contributed by atoms with E-state index in [0.29, 0.717) is 12.1 Å². The molecule has 0 bridgehead atoms. The molecule has 1 aliphatic rings. The van der Waals surface area contributed by atoms with Gasteiger partial charge in [-0.15, -0.1) is 5.10 Å². The van der Waals surface area contributed by atoms with Crippen molar-refractivity contribution in [2.75, 3.05) is 25.0 Å². The lowest BCUT2D eigenvalue weighted by Crippen LogP contribution is -2.44. The van der Waals surface area contributed by atoms with E-state index >= 15 is 0 Å². The Morgan fingerprint density at radius 1 is 1.40 bits per heavy atom. The highest BCUT2D eigenvalue weighted by Gasteiger charge is 2.31. The molecule has 0 aliphatic carbocycles. The first-order valence-electron chi connectivity index (χ1n) is 8.35. The van der Waals surface area contributed by atoms with Gasteiger partial charge >= 0.3 is 0 Å². The second kappa shape index (κ2) is 7.57. The summed E-state index contributed by atoms with van der Waals surface area (Å²) in [6.07, 6.45) is 3.72. The Bertz CT molecular complexity index is 709. The van der Waals surface area contributed by atoms with Gasteiger partial charge in [-0.25, -0.2) is 4.39 Å². The molecule has 1 fully saturated rings. The Kier molecular flexibility index (Phi) is 5.23. The molecule has 2 aromatic rings. The lowest BCUT2D eigenvalue weighted by atomic mass is 10.0. The largest absolute Gasteiger partial charge is 0.368 e. The van der Waals surface area contributed by atoms with Crippen LogP contribution in [0.15, 0.2) is 42.6 Å². The molecule has 1 aliphatic heterocycles. The van der Waals surface area contributed by atoms with Crippen LogP contribution >= 0.6 is 0 Å². The number of likely N-dealkylation sites (N-methyl/N-ethyl adjacent to an activating group) is 1. The van der Waals surface area contributed by atoms with Gasteiger partial charge in [0, 0.05) is 25.3 Å². The number of amides is 1. The molecule has 1 aromatic heterocycles. The fourth-order valence-electron chi connectivity index (χ4n) is 3.49. The highest BCUT2D eigenvalue weighted by Crippen LogP contribution is 2.26. The molecule has 1 saturated heterocycles. The van der Waals surface area contributed by atoms with Crippen LogP contribution in [-0.4, -0.2) is 47.2 Å². The van der Waals surface area contributed by atoms with Crippen LogP contribution in [0, 0.1) is 5.82 Å². The van der Waals surface area contributed by atoms with Crippen LogP contribution in [0.1, 0.15) is 24.4 Å². The molecule has 6 nitrogen and oxygen atoms in total. The van der Waals surface area contributed by atoms with Crippen molar-refractivity contribution in [3.8, 4) is 0 Å². The molecule has 1 amide bonds. The molecule has 25 heavy (non-hydrogen) atoms. The van der Waals surface area contributed by atoms with Gasteiger partial charge in [0.1, 0.15) is 11.9 Å². The van der Waals surface area contributed by atoms with Crippen molar-refractivity contribution < 1.29 is 9.18 Å². The van der Waals surface area contributed by atoms with Crippen molar-refractivity contribution in [2.45, 2.75) is 24.9 Å². The van der Waals surface area contributed by atoms with Gasteiger partial charge in [0.15, 0.2) is 5.82 Å². The first-order valence-corrected chi connectivity index (χ1v) is 8.35. The Morgan fingerprint density at radius 3 is 2.80 bits per heavy atom. The Labute approximate surface area is 146 Å². The average molecular weight is 343 g/mol. The number of benzene rings is 1. The molecule has 0 radical (unpaired) electrons. The summed E-state index contributed by atoms with van der Waals surface area (Å²) in [5.41, 5.74) is 6.31. The van der Waals surface area contributed by atoms with E-state index in [4.69, 9.17) is 5.73 Å². The van der Waals surface area contributed by atoms with E-state index in [1.165, 1.54) is 12.1 Å². The number of primary amides is 1. The van der Waals surface area contributed by atoms with Gasteiger partial charge < -0.3 is 10.6 Å². The third kappa shape index (κ3) is 3.93. The first-order chi connectivity index (χ1) is 12.1. The van der Waals surface area contributed by atoms with Gasteiger partial charge in [0.05, 0.1) is 0 Å². The SMILES string of the molecule is CN(C[C@@H]1CCCN1c1cccnn1)[C@@H](C(N)=O)c1ccc(F)cc1. The molecule has 0 saturated carbocycles. The van der Waals surface area contributed by atoms with Crippen LogP contribution in [0.2, 0.25) is 0 Å². The number of rotatable bonds is 6. The number of aromatic nitrogens is 2. The number of nitrogens with zero attached hydrogens (tertiary/aromatic N) is 4. The summed E-state index contributed by atoms with van der Waals surface area (Å²) in [5.74, 6) is 0.0632. The van der Waals surface area contributed by atoms with E-state index in [1.807, 2.05) is 24.1 Å². The Morgan fingerprint density at radius 2 is 2.16 bits per heavy atom. The van der Waals surface area contributed by atoms with Crippen molar-refractivity contribution >= 4 is 11.7 Å². The summed E-state index contributed by atoms with van der Waals surface area (Å²) in [5, 5.41) is 8.14. The first kappa shape index (κ1) is 17.3. The highest BCUT2D eigenvalue weighted by molar-refractivity contribution is 5.81. The summed E-state index contributed by atoms with van der Waals surface area (Å²) in [4.78, 5) is 16.1.